The highest BCUT2D eigenvalue weighted by atomic mass is 127. The van der Waals surface area contributed by atoms with E-state index in [1.807, 2.05) is 12.2 Å². The summed E-state index contributed by atoms with van der Waals surface area (Å²) in [5.41, 5.74) is -1.13. The SMILES string of the molecule is COC(=O)C1(C(=O)OC)CCCC1/C=C/CI. The van der Waals surface area contributed by atoms with E-state index in [-0.39, 0.29) is 5.92 Å². The number of hydrogen-bond acceptors (Lipinski definition) is 4. The molecule has 1 atom stereocenters. The fraction of sp³-hybridized carbons (Fsp3) is 0.667. The molecule has 0 bridgehead atoms. The third-order valence-corrected chi connectivity index (χ3v) is 3.78. The summed E-state index contributed by atoms with van der Waals surface area (Å²) in [7, 11) is 2.62. The minimum atomic E-state index is -1.13. The van der Waals surface area contributed by atoms with E-state index < -0.39 is 17.4 Å². The zero-order valence-corrected chi connectivity index (χ0v) is 12.2. The van der Waals surface area contributed by atoms with Gasteiger partial charge in [-0.05, 0) is 12.8 Å². The molecule has 0 N–H and O–H groups in total. The van der Waals surface area contributed by atoms with Crippen LogP contribution in [0.2, 0.25) is 0 Å². The lowest BCUT2D eigenvalue weighted by Crippen LogP contribution is -2.43. The zero-order chi connectivity index (χ0) is 12.9. The smallest absolute Gasteiger partial charge is 0.323 e. The lowest BCUT2D eigenvalue weighted by atomic mass is 9.77. The van der Waals surface area contributed by atoms with Crippen LogP contribution in [-0.4, -0.2) is 30.6 Å². The van der Waals surface area contributed by atoms with E-state index in [0.717, 1.165) is 17.3 Å². The largest absolute Gasteiger partial charge is 0.468 e. The molecule has 96 valence electrons. The van der Waals surface area contributed by atoms with E-state index >= 15 is 0 Å². The molecule has 1 aliphatic rings. The quantitative estimate of drug-likeness (QED) is 0.256. The van der Waals surface area contributed by atoms with Crippen molar-refractivity contribution >= 4 is 34.5 Å². The van der Waals surface area contributed by atoms with E-state index in [1.165, 1.54) is 14.2 Å². The monoisotopic (exact) mass is 352 g/mol. The van der Waals surface area contributed by atoms with E-state index in [0.29, 0.717) is 6.42 Å². The maximum atomic E-state index is 12.0. The Bertz CT molecular complexity index is 308. The Morgan fingerprint density at radius 2 is 1.94 bits per heavy atom. The van der Waals surface area contributed by atoms with Crippen molar-refractivity contribution in [1.82, 2.24) is 0 Å². The number of halogens is 1. The number of ether oxygens (including phenoxy) is 2. The molecule has 0 spiro atoms. The van der Waals surface area contributed by atoms with Crippen molar-refractivity contribution in [2.24, 2.45) is 11.3 Å². The normalized spacial score (nSPS) is 22.6. The molecule has 0 aliphatic heterocycles. The van der Waals surface area contributed by atoms with Gasteiger partial charge in [0.1, 0.15) is 0 Å². The van der Waals surface area contributed by atoms with Crippen LogP contribution in [0.5, 0.6) is 0 Å². The van der Waals surface area contributed by atoms with Gasteiger partial charge in [0.2, 0.25) is 0 Å². The van der Waals surface area contributed by atoms with Crippen molar-refractivity contribution in [3.63, 3.8) is 0 Å². The molecule has 0 aromatic rings. The molecule has 1 rings (SSSR count). The van der Waals surface area contributed by atoms with Gasteiger partial charge in [-0.25, -0.2) is 0 Å². The summed E-state index contributed by atoms with van der Waals surface area (Å²) < 4.78 is 10.4. The van der Waals surface area contributed by atoms with Gasteiger partial charge in [0.15, 0.2) is 5.41 Å². The lowest BCUT2D eigenvalue weighted by molar-refractivity contribution is -0.170. The first-order chi connectivity index (χ1) is 8.13. The number of hydrogen-bond donors (Lipinski definition) is 0. The molecule has 5 heteroatoms. The number of methoxy groups -OCH3 is 2. The van der Waals surface area contributed by atoms with Crippen LogP contribution in [0.15, 0.2) is 12.2 Å². The minimum Gasteiger partial charge on any atom is -0.468 e. The van der Waals surface area contributed by atoms with Crippen LogP contribution < -0.4 is 0 Å². The second-order valence-corrected chi connectivity index (χ2v) is 4.92. The summed E-state index contributed by atoms with van der Waals surface area (Å²) in [4.78, 5) is 23.9. The Morgan fingerprint density at radius 1 is 1.35 bits per heavy atom. The van der Waals surface area contributed by atoms with Crippen LogP contribution in [0, 0.1) is 11.3 Å². The number of carbonyl (C=O) groups excluding carboxylic acids is 2. The Morgan fingerprint density at radius 3 is 2.41 bits per heavy atom. The number of allylic oxidation sites excluding steroid dienone is 2. The fourth-order valence-corrected chi connectivity index (χ4v) is 2.76. The number of esters is 2. The van der Waals surface area contributed by atoms with Crippen LogP contribution in [0.25, 0.3) is 0 Å². The standard InChI is InChI=1S/C12H17IO4/c1-16-10(14)12(11(15)17-2)7-3-5-9(12)6-4-8-13/h4,6,9H,3,5,7-8H2,1-2H3/b6-4+. The van der Waals surface area contributed by atoms with Crippen LogP contribution in [0.3, 0.4) is 0 Å². The van der Waals surface area contributed by atoms with Gasteiger partial charge in [0, 0.05) is 10.3 Å². The van der Waals surface area contributed by atoms with Crippen molar-refractivity contribution in [3.8, 4) is 0 Å². The average molecular weight is 352 g/mol. The van der Waals surface area contributed by atoms with Gasteiger partial charge in [0.25, 0.3) is 0 Å². The van der Waals surface area contributed by atoms with E-state index in [9.17, 15) is 9.59 Å². The molecule has 1 saturated carbocycles. The molecule has 0 aromatic heterocycles. The van der Waals surface area contributed by atoms with Crippen molar-refractivity contribution in [2.45, 2.75) is 19.3 Å². The van der Waals surface area contributed by atoms with Gasteiger partial charge in [-0.2, -0.15) is 0 Å². The van der Waals surface area contributed by atoms with Gasteiger partial charge < -0.3 is 9.47 Å². The Hall–Kier alpha value is -0.590. The maximum Gasteiger partial charge on any atom is 0.323 e. The fourth-order valence-electron chi connectivity index (χ4n) is 2.46. The second-order valence-electron chi connectivity index (χ2n) is 4.04. The van der Waals surface area contributed by atoms with Crippen LogP contribution in [0.4, 0.5) is 0 Å². The van der Waals surface area contributed by atoms with Crippen molar-refractivity contribution in [1.29, 1.82) is 0 Å². The van der Waals surface area contributed by atoms with Crippen LogP contribution in [0.1, 0.15) is 19.3 Å². The topological polar surface area (TPSA) is 52.6 Å². The molecule has 0 heterocycles. The highest BCUT2D eigenvalue weighted by Gasteiger charge is 2.56. The van der Waals surface area contributed by atoms with E-state index in [2.05, 4.69) is 22.6 Å². The van der Waals surface area contributed by atoms with Gasteiger partial charge in [-0.1, -0.05) is 41.2 Å². The molecule has 4 nitrogen and oxygen atoms in total. The van der Waals surface area contributed by atoms with Crippen molar-refractivity contribution < 1.29 is 19.1 Å². The minimum absolute atomic E-state index is 0.114. The highest BCUT2D eigenvalue weighted by molar-refractivity contribution is 14.1. The highest BCUT2D eigenvalue weighted by Crippen LogP contribution is 2.46. The lowest BCUT2D eigenvalue weighted by Gasteiger charge is -2.27. The van der Waals surface area contributed by atoms with Gasteiger partial charge >= 0.3 is 11.9 Å². The molecule has 0 radical (unpaired) electrons. The van der Waals surface area contributed by atoms with Gasteiger partial charge in [0.05, 0.1) is 14.2 Å². The van der Waals surface area contributed by atoms with Crippen molar-refractivity contribution in [2.75, 3.05) is 18.6 Å². The summed E-state index contributed by atoms with van der Waals surface area (Å²) >= 11 is 2.22. The third kappa shape index (κ3) is 2.64. The Kier molecular flexibility index (Phi) is 5.42. The summed E-state index contributed by atoms with van der Waals surface area (Å²) in [6, 6.07) is 0. The zero-order valence-electron chi connectivity index (χ0n) is 10.1. The first kappa shape index (κ1) is 14.5. The van der Waals surface area contributed by atoms with Gasteiger partial charge in [-0.15, -0.1) is 0 Å². The van der Waals surface area contributed by atoms with E-state index in [4.69, 9.17) is 9.47 Å². The molecule has 1 fully saturated rings. The summed E-state index contributed by atoms with van der Waals surface area (Å²) in [5.74, 6) is -1.08. The predicted octanol–water partition coefficient (Wildman–Crippen LogP) is 2.11. The summed E-state index contributed by atoms with van der Waals surface area (Å²) in [6.45, 7) is 0. The molecule has 1 aliphatic carbocycles. The average Bonchev–Trinajstić information content (AvgIpc) is 2.78. The summed E-state index contributed by atoms with van der Waals surface area (Å²) in [6.07, 6.45) is 6.06. The maximum absolute atomic E-state index is 12.0. The molecule has 0 saturated heterocycles. The van der Waals surface area contributed by atoms with E-state index in [1.54, 1.807) is 0 Å². The third-order valence-electron chi connectivity index (χ3n) is 3.28. The molecular weight excluding hydrogens is 335 g/mol. The number of rotatable bonds is 4. The second kappa shape index (κ2) is 6.37. The van der Waals surface area contributed by atoms with Crippen LogP contribution >= 0.6 is 22.6 Å². The molecule has 17 heavy (non-hydrogen) atoms. The first-order valence-electron chi connectivity index (χ1n) is 5.53. The van der Waals surface area contributed by atoms with Crippen molar-refractivity contribution in [3.05, 3.63) is 12.2 Å². The van der Waals surface area contributed by atoms with Crippen LogP contribution in [-0.2, 0) is 19.1 Å². The molecule has 0 aromatic carbocycles. The molecular formula is C12H17IO4. The molecule has 0 amide bonds. The Labute approximate surface area is 115 Å². The predicted molar refractivity (Wildman–Crippen MR) is 71.8 cm³/mol. The molecule has 1 unspecified atom stereocenters. The first-order valence-corrected chi connectivity index (χ1v) is 7.05. The number of alkyl halides is 1. The Balaban J connectivity index is 3.07. The summed E-state index contributed by atoms with van der Waals surface area (Å²) in [5, 5.41) is 0. The van der Waals surface area contributed by atoms with Gasteiger partial charge in [-0.3, -0.25) is 9.59 Å². The number of carbonyl (C=O) groups is 2.